The van der Waals surface area contributed by atoms with Crippen LogP contribution in [-0.2, 0) is 6.54 Å². The Bertz CT molecular complexity index is 1180. The van der Waals surface area contributed by atoms with E-state index in [1.165, 1.54) is 5.56 Å². The number of benzene rings is 2. The molecule has 0 radical (unpaired) electrons. The fraction of sp³-hybridized carbons (Fsp3) is 0.308. The normalized spacial score (nSPS) is 17.0. The second kappa shape index (κ2) is 9.60. The first-order valence-electron chi connectivity index (χ1n) is 11.4. The number of para-hydroxylation sites is 2. The minimum atomic E-state index is 0.729. The Labute approximate surface area is 195 Å². The SMILES string of the molecule is COc1cc(CN2CCN(C)CC2)cc(Nc2nc3ccccc3nc2N2C=CC=CC2)c1. The minimum Gasteiger partial charge on any atom is -0.497 e. The standard InChI is InChI=1S/C26H30N6O/c1-30-12-14-31(15-13-30)19-20-16-21(18-22(17-20)33-2)27-25-26(32-10-6-3-7-11-32)29-24-9-5-4-8-23(24)28-25/h3-10,16-18H,11-15,19H2,1-2H3,(H,27,28). The van der Waals surface area contributed by atoms with Gasteiger partial charge in [-0.1, -0.05) is 24.3 Å². The van der Waals surface area contributed by atoms with Crippen LogP contribution in [0.3, 0.4) is 0 Å². The van der Waals surface area contributed by atoms with Gasteiger partial charge in [0.2, 0.25) is 0 Å². The van der Waals surface area contributed by atoms with Gasteiger partial charge in [0.1, 0.15) is 5.75 Å². The van der Waals surface area contributed by atoms with Gasteiger partial charge in [0.25, 0.3) is 0 Å². The van der Waals surface area contributed by atoms with Crippen molar-refractivity contribution in [3.63, 3.8) is 0 Å². The van der Waals surface area contributed by atoms with Crippen molar-refractivity contribution in [1.82, 2.24) is 19.8 Å². The fourth-order valence-corrected chi connectivity index (χ4v) is 4.24. The van der Waals surface area contributed by atoms with E-state index in [2.05, 4.69) is 45.3 Å². The van der Waals surface area contributed by atoms with E-state index in [0.717, 1.165) is 73.4 Å². The number of allylic oxidation sites excluding steroid dienone is 2. The van der Waals surface area contributed by atoms with Crippen LogP contribution in [0.15, 0.2) is 66.9 Å². The molecule has 0 saturated carbocycles. The second-order valence-corrected chi connectivity index (χ2v) is 8.58. The largest absolute Gasteiger partial charge is 0.497 e. The first-order chi connectivity index (χ1) is 16.2. The number of fused-ring (bicyclic) bond motifs is 1. The van der Waals surface area contributed by atoms with Crippen LogP contribution in [0.4, 0.5) is 17.3 Å². The predicted octanol–water partition coefficient (Wildman–Crippen LogP) is 4.02. The Kier molecular flexibility index (Phi) is 6.24. The van der Waals surface area contributed by atoms with Crippen molar-refractivity contribution < 1.29 is 4.74 Å². The van der Waals surface area contributed by atoms with E-state index in [1.54, 1.807) is 7.11 Å². The highest BCUT2D eigenvalue weighted by molar-refractivity contribution is 5.82. The molecule has 7 nitrogen and oxygen atoms in total. The molecule has 2 aliphatic heterocycles. The highest BCUT2D eigenvalue weighted by atomic mass is 16.5. The zero-order valence-corrected chi connectivity index (χ0v) is 19.2. The summed E-state index contributed by atoms with van der Waals surface area (Å²) in [5, 5.41) is 3.54. The Morgan fingerprint density at radius 1 is 0.970 bits per heavy atom. The molecule has 0 unspecified atom stereocenters. The fourth-order valence-electron chi connectivity index (χ4n) is 4.24. The van der Waals surface area contributed by atoms with E-state index in [4.69, 9.17) is 14.7 Å². The zero-order chi connectivity index (χ0) is 22.6. The highest BCUT2D eigenvalue weighted by Gasteiger charge is 2.17. The molecule has 5 rings (SSSR count). The first-order valence-corrected chi connectivity index (χ1v) is 11.4. The molecule has 2 aromatic carbocycles. The van der Waals surface area contributed by atoms with Gasteiger partial charge in [0, 0.05) is 57.2 Å². The minimum absolute atomic E-state index is 0.729. The maximum atomic E-state index is 5.62. The quantitative estimate of drug-likeness (QED) is 0.619. The Balaban J connectivity index is 1.47. The van der Waals surface area contributed by atoms with Crippen molar-refractivity contribution in [2.24, 2.45) is 0 Å². The summed E-state index contributed by atoms with van der Waals surface area (Å²) in [4.78, 5) is 16.8. The summed E-state index contributed by atoms with van der Waals surface area (Å²) < 4.78 is 5.62. The summed E-state index contributed by atoms with van der Waals surface area (Å²) in [6.45, 7) is 6.00. The molecule has 0 amide bonds. The van der Waals surface area contributed by atoms with Gasteiger partial charge in [-0.2, -0.15) is 0 Å². The molecule has 170 valence electrons. The van der Waals surface area contributed by atoms with Crippen molar-refractivity contribution in [3.05, 3.63) is 72.5 Å². The van der Waals surface area contributed by atoms with Crippen molar-refractivity contribution in [2.45, 2.75) is 6.54 Å². The third kappa shape index (κ3) is 4.99. The molecule has 2 aliphatic rings. The second-order valence-electron chi connectivity index (χ2n) is 8.58. The number of hydrogen-bond acceptors (Lipinski definition) is 7. The number of aromatic nitrogens is 2. The number of anilines is 3. The number of rotatable bonds is 6. The smallest absolute Gasteiger partial charge is 0.177 e. The number of nitrogens with one attached hydrogen (secondary N) is 1. The van der Waals surface area contributed by atoms with Crippen LogP contribution in [0, 0.1) is 0 Å². The topological polar surface area (TPSA) is 56.8 Å². The molecule has 1 N–H and O–H groups in total. The summed E-state index contributed by atoms with van der Waals surface area (Å²) in [7, 11) is 3.89. The zero-order valence-electron chi connectivity index (χ0n) is 19.2. The lowest BCUT2D eigenvalue weighted by molar-refractivity contribution is 0.148. The average molecular weight is 443 g/mol. The summed E-state index contributed by atoms with van der Waals surface area (Å²) in [6.07, 6.45) is 8.21. The van der Waals surface area contributed by atoms with E-state index < -0.39 is 0 Å². The molecule has 1 saturated heterocycles. The van der Waals surface area contributed by atoms with Gasteiger partial charge in [-0.25, -0.2) is 9.97 Å². The van der Waals surface area contributed by atoms with E-state index in [-0.39, 0.29) is 0 Å². The maximum absolute atomic E-state index is 5.62. The molecule has 1 fully saturated rings. The Morgan fingerprint density at radius 2 is 1.76 bits per heavy atom. The van der Waals surface area contributed by atoms with Gasteiger partial charge in [-0.15, -0.1) is 0 Å². The van der Waals surface area contributed by atoms with Crippen LogP contribution in [0.25, 0.3) is 11.0 Å². The number of methoxy groups -OCH3 is 1. The number of piperazine rings is 1. The number of ether oxygens (including phenoxy) is 1. The highest BCUT2D eigenvalue weighted by Crippen LogP contribution is 2.31. The predicted molar refractivity (Wildman–Crippen MR) is 134 cm³/mol. The van der Waals surface area contributed by atoms with E-state index in [9.17, 15) is 0 Å². The third-order valence-corrected chi connectivity index (χ3v) is 6.11. The molecular weight excluding hydrogens is 412 g/mol. The summed E-state index contributed by atoms with van der Waals surface area (Å²) in [6, 6.07) is 14.3. The van der Waals surface area contributed by atoms with Gasteiger partial charge >= 0.3 is 0 Å². The molecule has 7 heteroatoms. The number of likely N-dealkylation sites (N-methyl/N-ethyl adjacent to an activating group) is 1. The van der Waals surface area contributed by atoms with Crippen LogP contribution in [-0.4, -0.2) is 66.6 Å². The molecule has 0 aliphatic carbocycles. The summed E-state index contributed by atoms with van der Waals surface area (Å²) in [5.41, 5.74) is 3.90. The Hall–Kier alpha value is -3.42. The van der Waals surface area contributed by atoms with Crippen LogP contribution >= 0.6 is 0 Å². The number of nitrogens with zero attached hydrogens (tertiary/aromatic N) is 5. The van der Waals surface area contributed by atoms with Crippen LogP contribution in [0.5, 0.6) is 5.75 Å². The first kappa shape index (κ1) is 21.4. The molecular formula is C26H30N6O. The lowest BCUT2D eigenvalue weighted by Crippen LogP contribution is -2.43. The van der Waals surface area contributed by atoms with Gasteiger partial charge in [0.05, 0.1) is 18.1 Å². The van der Waals surface area contributed by atoms with Crippen molar-refractivity contribution in [3.8, 4) is 5.75 Å². The van der Waals surface area contributed by atoms with Gasteiger partial charge in [-0.05, 0) is 43.0 Å². The lowest BCUT2D eigenvalue weighted by atomic mass is 10.1. The molecule has 0 atom stereocenters. The molecule has 1 aromatic heterocycles. The van der Waals surface area contributed by atoms with E-state index in [0.29, 0.717) is 0 Å². The van der Waals surface area contributed by atoms with Gasteiger partial charge in [-0.3, -0.25) is 4.90 Å². The average Bonchev–Trinajstić information content (AvgIpc) is 2.85. The molecule has 33 heavy (non-hydrogen) atoms. The Morgan fingerprint density at radius 3 is 2.48 bits per heavy atom. The van der Waals surface area contributed by atoms with E-state index in [1.807, 2.05) is 48.7 Å². The van der Waals surface area contributed by atoms with Gasteiger partial charge in [0.15, 0.2) is 11.6 Å². The van der Waals surface area contributed by atoms with Crippen molar-refractivity contribution in [1.29, 1.82) is 0 Å². The number of hydrogen-bond donors (Lipinski definition) is 1. The maximum Gasteiger partial charge on any atom is 0.177 e. The molecule has 3 heterocycles. The van der Waals surface area contributed by atoms with Crippen LogP contribution in [0.1, 0.15) is 5.56 Å². The van der Waals surface area contributed by atoms with E-state index >= 15 is 0 Å². The third-order valence-electron chi connectivity index (χ3n) is 6.11. The van der Waals surface area contributed by atoms with Crippen LogP contribution in [0.2, 0.25) is 0 Å². The van der Waals surface area contributed by atoms with Crippen molar-refractivity contribution in [2.75, 3.05) is 57.1 Å². The summed E-state index contributed by atoms with van der Waals surface area (Å²) in [5.74, 6) is 2.37. The lowest BCUT2D eigenvalue weighted by Gasteiger charge is -2.32. The van der Waals surface area contributed by atoms with Crippen molar-refractivity contribution >= 4 is 28.4 Å². The van der Waals surface area contributed by atoms with Crippen LogP contribution < -0.4 is 15.0 Å². The van der Waals surface area contributed by atoms with Gasteiger partial charge < -0.3 is 19.9 Å². The molecule has 3 aromatic rings. The molecule has 0 spiro atoms. The molecule has 0 bridgehead atoms. The monoisotopic (exact) mass is 442 g/mol. The summed E-state index contributed by atoms with van der Waals surface area (Å²) >= 11 is 0.